The van der Waals surface area contributed by atoms with Crippen molar-refractivity contribution in [2.24, 2.45) is 0 Å². The van der Waals surface area contributed by atoms with E-state index in [0.29, 0.717) is 13.0 Å². The van der Waals surface area contributed by atoms with Gasteiger partial charge in [0.15, 0.2) is 0 Å². The quantitative estimate of drug-likeness (QED) is 0.858. The van der Waals surface area contributed by atoms with Crippen LogP contribution in [0.2, 0.25) is 0 Å². The molecule has 16 heavy (non-hydrogen) atoms. The molecule has 84 valence electrons. The first kappa shape index (κ1) is 10.7. The van der Waals surface area contributed by atoms with Gasteiger partial charge in [0.05, 0.1) is 17.7 Å². The van der Waals surface area contributed by atoms with Crippen molar-refractivity contribution in [2.45, 2.75) is 20.3 Å². The van der Waals surface area contributed by atoms with Crippen molar-refractivity contribution in [3.63, 3.8) is 0 Å². The smallest absolute Gasteiger partial charge is 0.255 e. The summed E-state index contributed by atoms with van der Waals surface area (Å²) in [5, 5.41) is 0.973. The summed E-state index contributed by atoms with van der Waals surface area (Å²) in [5.41, 5.74) is 1.50. The van der Waals surface area contributed by atoms with Gasteiger partial charge in [-0.1, -0.05) is 19.1 Å². The number of hydrogen-bond acceptors (Lipinski definition) is 2. The van der Waals surface area contributed by atoms with Crippen LogP contribution in [0.1, 0.15) is 19.4 Å². The van der Waals surface area contributed by atoms with Crippen LogP contribution >= 0.6 is 0 Å². The molecule has 1 heterocycles. The van der Waals surface area contributed by atoms with E-state index < -0.39 is 0 Å². The number of fused-ring (bicyclic) bond motifs is 1. The van der Waals surface area contributed by atoms with Gasteiger partial charge in [-0.05, 0) is 25.5 Å². The summed E-state index contributed by atoms with van der Waals surface area (Å²) in [7, 11) is 0. The molecule has 0 spiro atoms. The second kappa shape index (κ2) is 4.39. The van der Waals surface area contributed by atoms with Crippen molar-refractivity contribution in [3.05, 3.63) is 40.2 Å². The Hall–Kier alpha value is -1.77. The predicted octanol–water partition coefficient (Wildman–Crippen LogP) is 2.49. The van der Waals surface area contributed by atoms with Crippen molar-refractivity contribution in [1.82, 2.24) is 4.98 Å². The maximum absolute atomic E-state index is 11.8. The van der Waals surface area contributed by atoms with E-state index in [0.717, 1.165) is 22.2 Å². The Balaban J connectivity index is 2.81. The number of pyridine rings is 1. The van der Waals surface area contributed by atoms with E-state index in [2.05, 4.69) is 4.98 Å². The van der Waals surface area contributed by atoms with Crippen molar-refractivity contribution in [2.75, 3.05) is 6.61 Å². The molecule has 1 aromatic heterocycles. The molecule has 0 unspecified atom stereocenters. The molecule has 0 saturated heterocycles. The zero-order valence-corrected chi connectivity index (χ0v) is 9.54. The van der Waals surface area contributed by atoms with E-state index in [1.54, 1.807) is 0 Å². The topological polar surface area (TPSA) is 42.1 Å². The standard InChI is InChI=1S/C13H15NO2/c1-3-9-12(16-4-2)10-7-5-6-8-11(10)14-13(9)15/h5-8H,3-4H2,1-2H3,(H,14,15). The average molecular weight is 217 g/mol. The molecule has 2 aromatic rings. The maximum atomic E-state index is 11.8. The van der Waals surface area contributed by atoms with Crippen LogP contribution in [0.5, 0.6) is 5.75 Å². The minimum absolute atomic E-state index is 0.0512. The van der Waals surface area contributed by atoms with Crippen LogP contribution in [0.15, 0.2) is 29.1 Å². The third-order valence-electron chi connectivity index (χ3n) is 2.61. The fraction of sp³-hybridized carbons (Fsp3) is 0.308. The van der Waals surface area contributed by atoms with Crippen molar-refractivity contribution in [1.29, 1.82) is 0 Å². The zero-order chi connectivity index (χ0) is 11.5. The Bertz CT molecular complexity index is 557. The molecule has 0 aliphatic rings. The molecule has 0 aliphatic heterocycles. The Labute approximate surface area is 94.1 Å². The molecule has 3 nitrogen and oxygen atoms in total. The third kappa shape index (κ3) is 1.69. The summed E-state index contributed by atoms with van der Waals surface area (Å²) >= 11 is 0. The predicted molar refractivity (Wildman–Crippen MR) is 65.1 cm³/mol. The molecule has 0 atom stereocenters. The fourth-order valence-electron chi connectivity index (χ4n) is 1.88. The summed E-state index contributed by atoms with van der Waals surface area (Å²) < 4.78 is 5.60. The SMILES string of the molecule is CCOc1c(CC)c(=O)[nH]c2ccccc12. The number of nitrogens with one attached hydrogen (secondary N) is 1. The first-order valence-electron chi connectivity index (χ1n) is 5.54. The van der Waals surface area contributed by atoms with Gasteiger partial charge in [-0.15, -0.1) is 0 Å². The molecule has 1 aromatic carbocycles. The van der Waals surface area contributed by atoms with E-state index in [-0.39, 0.29) is 5.56 Å². The monoisotopic (exact) mass is 217 g/mol. The van der Waals surface area contributed by atoms with Crippen LogP contribution in [0, 0.1) is 0 Å². The highest BCUT2D eigenvalue weighted by Crippen LogP contribution is 2.26. The van der Waals surface area contributed by atoms with E-state index in [4.69, 9.17) is 4.74 Å². The summed E-state index contributed by atoms with van der Waals surface area (Å²) in [5.74, 6) is 0.726. The van der Waals surface area contributed by atoms with Gasteiger partial charge in [-0.3, -0.25) is 4.79 Å². The van der Waals surface area contributed by atoms with Gasteiger partial charge in [0, 0.05) is 5.39 Å². The van der Waals surface area contributed by atoms with Gasteiger partial charge in [0.25, 0.3) is 5.56 Å². The number of aromatic amines is 1. The van der Waals surface area contributed by atoms with Gasteiger partial charge in [0.2, 0.25) is 0 Å². The van der Waals surface area contributed by atoms with Crippen LogP contribution in [-0.2, 0) is 6.42 Å². The van der Waals surface area contributed by atoms with Gasteiger partial charge in [-0.2, -0.15) is 0 Å². The van der Waals surface area contributed by atoms with Crippen LogP contribution in [-0.4, -0.2) is 11.6 Å². The maximum Gasteiger partial charge on any atom is 0.255 e. The van der Waals surface area contributed by atoms with Gasteiger partial charge >= 0.3 is 0 Å². The molecular formula is C13H15NO2. The molecule has 0 aliphatic carbocycles. The largest absolute Gasteiger partial charge is 0.493 e. The van der Waals surface area contributed by atoms with E-state index >= 15 is 0 Å². The molecule has 3 heteroatoms. The van der Waals surface area contributed by atoms with E-state index in [1.807, 2.05) is 38.1 Å². The lowest BCUT2D eigenvalue weighted by molar-refractivity contribution is 0.340. The zero-order valence-electron chi connectivity index (χ0n) is 9.54. The summed E-state index contributed by atoms with van der Waals surface area (Å²) in [6, 6.07) is 7.70. The Morgan fingerprint density at radius 1 is 1.25 bits per heavy atom. The number of para-hydroxylation sites is 1. The van der Waals surface area contributed by atoms with Gasteiger partial charge in [-0.25, -0.2) is 0 Å². The molecule has 0 amide bonds. The lowest BCUT2D eigenvalue weighted by atomic mass is 10.1. The molecule has 0 radical (unpaired) electrons. The molecule has 2 rings (SSSR count). The molecule has 1 N–H and O–H groups in total. The number of benzene rings is 1. The van der Waals surface area contributed by atoms with Crippen molar-refractivity contribution in [3.8, 4) is 5.75 Å². The van der Waals surface area contributed by atoms with E-state index in [1.165, 1.54) is 0 Å². The number of ether oxygens (including phenoxy) is 1. The second-order valence-electron chi connectivity index (χ2n) is 3.59. The summed E-state index contributed by atoms with van der Waals surface area (Å²) in [6.45, 7) is 4.46. The van der Waals surface area contributed by atoms with Crippen LogP contribution in [0.3, 0.4) is 0 Å². The highest BCUT2D eigenvalue weighted by molar-refractivity contribution is 5.86. The van der Waals surface area contributed by atoms with Crippen LogP contribution < -0.4 is 10.3 Å². The summed E-state index contributed by atoms with van der Waals surface area (Å²) in [4.78, 5) is 14.7. The lowest BCUT2D eigenvalue weighted by Gasteiger charge is -2.11. The highest BCUT2D eigenvalue weighted by atomic mass is 16.5. The number of H-pyrrole nitrogens is 1. The minimum Gasteiger partial charge on any atom is -0.493 e. The fourth-order valence-corrected chi connectivity index (χ4v) is 1.88. The van der Waals surface area contributed by atoms with Crippen LogP contribution in [0.25, 0.3) is 10.9 Å². The van der Waals surface area contributed by atoms with Gasteiger partial charge in [0.1, 0.15) is 5.75 Å². The average Bonchev–Trinajstić information content (AvgIpc) is 2.29. The number of rotatable bonds is 3. The van der Waals surface area contributed by atoms with E-state index in [9.17, 15) is 4.79 Å². The van der Waals surface area contributed by atoms with Gasteiger partial charge < -0.3 is 9.72 Å². The number of aromatic nitrogens is 1. The first-order valence-corrected chi connectivity index (χ1v) is 5.54. The highest BCUT2D eigenvalue weighted by Gasteiger charge is 2.11. The number of hydrogen-bond donors (Lipinski definition) is 1. The molecular weight excluding hydrogens is 202 g/mol. The molecule has 0 saturated carbocycles. The third-order valence-corrected chi connectivity index (χ3v) is 2.61. The van der Waals surface area contributed by atoms with Crippen molar-refractivity contribution >= 4 is 10.9 Å². The lowest BCUT2D eigenvalue weighted by Crippen LogP contribution is -2.14. The molecule has 0 bridgehead atoms. The minimum atomic E-state index is -0.0512. The summed E-state index contributed by atoms with van der Waals surface area (Å²) in [6.07, 6.45) is 0.676. The first-order chi connectivity index (χ1) is 7.77. The Morgan fingerprint density at radius 2 is 2.00 bits per heavy atom. The second-order valence-corrected chi connectivity index (χ2v) is 3.59. The van der Waals surface area contributed by atoms with Crippen molar-refractivity contribution < 1.29 is 4.74 Å². The normalized spacial score (nSPS) is 10.6. The Morgan fingerprint density at radius 3 is 2.69 bits per heavy atom. The Kier molecular flexibility index (Phi) is 2.95. The van der Waals surface area contributed by atoms with Crippen LogP contribution in [0.4, 0.5) is 0 Å². The molecule has 0 fully saturated rings.